The minimum absolute atomic E-state index is 0.207. The summed E-state index contributed by atoms with van der Waals surface area (Å²) < 4.78 is 36.6. The Labute approximate surface area is 101 Å². The van der Waals surface area contributed by atoms with Crippen LogP contribution in [-0.4, -0.2) is 35.3 Å². The zero-order valence-corrected chi connectivity index (χ0v) is 9.10. The summed E-state index contributed by atoms with van der Waals surface area (Å²) in [6.07, 6.45) is -2.44. The van der Waals surface area contributed by atoms with Crippen LogP contribution in [0.15, 0.2) is 18.2 Å². The van der Waals surface area contributed by atoms with Crippen LogP contribution < -0.4 is 9.47 Å². The largest absolute Gasteiger partial charge is 0.486 e. The molecule has 1 heterocycles. The molecule has 2 rings (SSSR count). The standard InChI is InChI=1S/C11H10F2O5/c12-11(13,10(15)16)9(14)6-1-2-7-8(5-6)18-4-3-17-7/h1-2,5,9,14H,3-4H2,(H,15,16). The molecule has 0 aromatic heterocycles. The number of carboxylic acids is 1. The summed E-state index contributed by atoms with van der Waals surface area (Å²) in [6.45, 7) is 0.613. The highest BCUT2D eigenvalue weighted by Crippen LogP contribution is 2.37. The predicted molar refractivity (Wildman–Crippen MR) is 55.0 cm³/mol. The summed E-state index contributed by atoms with van der Waals surface area (Å²) >= 11 is 0. The maximum absolute atomic E-state index is 13.1. The zero-order valence-electron chi connectivity index (χ0n) is 9.10. The lowest BCUT2D eigenvalue weighted by molar-refractivity contribution is -0.182. The molecule has 1 aromatic carbocycles. The maximum Gasteiger partial charge on any atom is 0.377 e. The van der Waals surface area contributed by atoms with Crippen molar-refractivity contribution in [3.63, 3.8) is 0 Å². The van der Waals surface area contributed by atoms with E-state index in [-0.39, 0.29) is 17.9 Å². The summed E-state index contributed by atoms with van der Waals surface area (Å²) in [5.41, 5.74) is -0.244. The first-order valence-corrected chi connectivity index (χ1v) is 5.11. The second-order valence-corrected chi connectivity index (χ2v) is 3.73. The van der Waals surface area contributed by atoms with Crippen molar-refractivity contribution in [2.75, 3.05) is 13.2 Å². The Balaban J connectivity index is 2.31. The van der Waals surface area contributed by atoms with Crippen LogP contribution in [0, 0.1) is 0 Å². The molecule has 98 valence electrons. The van der Waals surface area contributed by atoms with Crippen molar-refractivity contribution in [3.05, 3.63) is 23.8 Å². The molecule has 0 aliphatic carbocycles. The summed E-state index contributed by atoms with van der Waals surface area (Å²) in [6, 6.07) is 3.68. The van der Waals surface area contributed by atoms with Gasteiger partial charge in [-0.3, -0.25) is 0 Å². The van der Waals surface area contributed by atoms with E-state index in [4.69, 9.17) is 14.6 Å². The number of alkyl halides is 2. The minimum atomic E-state index is -4.26. The Morgan fingerprint density at radius 3 is 2.50 bits per heavy atom. The average Bonchev–Trinajstić information content (AvgIpc) is 2.37. The summed E-state index contributed by atoms with van der Waals surface area (Å²) in [5.74, 6) is -6.07. The van der Waals surface area contributed by atoms with Crippen molar-refractivity contribution in [3.8, 4) is 11.5 Å². The molecule has 18 heavy (non-hydrogen) atoms. The van der Waals surface area contributed by atoms with Crippen LogP contribution in [0.2, 0.25) is 0 Å². The lowest BCUT2D eigenvalue weighted by Gasteiger charge is -2.22. The van der Waals surface area contributed by atoms with E-state index in [1.807, 2.05) is 0 Å². The van der Waals surface area contributed by atoms with Gasteiger partial charge in [0.25, 0.3) is 0 Å². The first kappa shape index (κ1) is 12.6. The number of benzene rings is 1. The van der Waals surface area contributed by atoms with Gasteiger partial charge in [0, 0.05) is 0 Å². The molecule has 0 bridgehead atoms. The molecule has 0 radical (unpaired) electrons. The third-order valence-electron chi connectivity index (χ3n) is 2.51. The molecule has 1 aliphatic heterocycles. The monoisotopic (exact) mass is 260 g/mol. The molecule has 5 nitrogen and oxygen atoms in total. The van der Waals surface area contributed by atoms with Crippen molar-refractivity contribution in [1.82, 2.24) is 0 Å². The van der Waals surface area contributed by atoms with E-state index in [1.54, 1.807) is 0 Å². The smallest absolute Gasteiger partial charge is 0.377 e. The van der Waals surface area contributed by atoms with Gasteiger partial charge in [0.05, 0.1) is 0 Å². The number of hydrogen-bond acceptors (Lipinski definition) is 4. The van der Waals surface area contributed by atoms with Gasteiger partial charge in [-0.05, 0) is 17.7 Å². The number of fused-ring (bicyclic) bond motifs is 1. The Morgan fingerprint density at radius 1 is 1.28 bits per heavy atom. The second-order valence-electron chi connectivity index (χ2n) is 3.73. The van der Waals surface area contributed by atoms with E-state index >= 15 is 0 Å². The van der Waals surface area contributed by atoms with E-state index in [0.29, 0.717) is 12.4 Å². The molecule has 1 atom stereocenters. The number of aliphatic hydroxyl groups excluding tert-OH is 1. The fourth-order valence-electron chi connectivity index (χ4n) is 1.56. The number of ether oxygens (including phenoxy) is 2. The maximum atomic E-state index is 13.1. The Morgan fingerprint density at radius 2 is 1.89 bits per heavy atom. The summed E-state index contributed by atoms with van der Waals surface area (Å²) in [7, 11) is 0. The number of carbonyl (C=O) groups is 1. The SMILES string of the molecule is O=C(O)C(F)(F)C(O)c1ccc2c(c1)OCCO2. The average molecular weight is 260 g/mol. The number of aliphatic carboxylic acids is 1. The van der Waals surface area contributed by atoms with E-state index in [9.17, 15) is 18.7 Å². The second kappa shape index (κ2) is 4.41. The molecule has 1 aliphatic rings. The number of hydrogen-bond donors (Lipinski definition) is 2. The highest BCUT2D eigenvalue weighted by Gasteiger charge is 2.47. The van der Waals surface area contributed by atoms with E-state index in [0.717, 1.165) is 6.07 Å². The van der Waals surface area contributed by atoms with Gasteiger partial charge < -0.3 is 19.7 Å². The van der Waals surface area contributed by atoms with Crippen LogP contribution in [-0.2, 0) is 4.79 Å². The molecule has 0 saturated carbocycles. The van der Waals surface area contributed by atoms with E-state index in [1.165, 1.54) is 12.1 Å². The van der Waals surface area contributed by atoms with Crippen LogP contribution >= 0.6 is 0 Å². The Bertz CT molecular complexity index is 475. The molecule has 0 spiro atoms. The molecule has 1 unspecified atom stereocenters. The highest BCUT2D eigenvalue weighted by molar-refractivity contribution is 5.76. The lowest BCUT2D eigenvalue weighted by atomic mass is 10.0. The van der Waals surface area contributed by atoms with Crippen LogP contribution in [0.5, 0.6) is 11.5 Å². The molecular formula is C11H10F2O5. The van der Waals surface area contributed by atoms with Gasteiger partial charge in [0.2, 0.25) is 0 Å². The number of rotatable bonds is 3. The molecule has 2 N–H and O–H groups in total. The summed E-state index contributed by atoms with van der Waals surface area (Å²) in [5, 5.41) is 17.7. The Kier molecular flexibility index (Phi) is 3.08. The molecular weight excluding hydrogens is 250 g/mol. The minimum Gasteiger partial charge on any atom is -0.486 e. The van der Waals surface area contributed by atoms with Gasteiger partial charge in [0.15, 0.2) is 17.6 Å². The van der Waals surface area contributed by atoms with Gasteiger partial charge in [0.1, 0.15) is 13.2 Å². The first-order chi connectivity index (χ1) is 8.43. The molecule has 0 fully saturated rings. The molecule has 0 saturated heterocycles. The first-order valence-electron chi connectivity index (χ1n) is 5.11. The molecule has 0 amide bonds. The van der Waals surface area contributed by atoms with E-state index in [2.05, 4.69) is 0 Å². The van der Waals surface area contributed by atoms with Crippen LogP contribution in [0.3, 0.4) is 0 Å². The van der Waals surface area contributed by atoms with Gasteiger partial charge >= 0.3 is 11.9 Å². The van der Waals surface area contributed by atoms with Crippen LogP contribution in [0.1, 0.15) is 11.7 Å². The van der Waals surface area contributed by atoms with Crippen LogP contribution in [0.25, 0.3) is 0 Å². The van der Waals surface area contributed by atoms with Crippen molar-refractivity contribution in [2.24, 2.45) is 0 Å². The van der Waals surface area contributed by atoms with Gasteiger partial charge in [-0.15, -0.1) is 0 Å². The topological polar surface area (TPSA) is 76.0 Å². The van der Waals surface area contributed by atoms with Gasteiger partial charge in [-0.2, -0.15) is 8.78 Å². The predicted octanol–water partition coefficient (Wildman–Crippen LogP) is 1.21. The van der Waals surface area contributed by atoms with Crippen molar-refractivity contribution < 1.29 is 33.3 Å². The van der Waals surface area contributed by atoms with Gasteiger partial charge in [-0.25, -0.2) is 4.79 Å². The summed E-state index contributed by atoms with van der Waals surface area (Å²) in [4.78, 5) is 10.4. The Hall–Kier alpha value is -1.89. The normalized spacial score (nSPS) is 16.2. The zero-order chi connectivity index (χ0) is 13.3. The molecule has 1 aromatic rings. The molecule has 7 heteroatoms. The fraction of sp³-hybridized carbons (Fsp3) is 0.364. The van der Waals surface area contributed by atoms with Gasteiger partial charge in [-0.1, -0.05) is 6.07 Å². The quantitative estimate of drug-likeness (QED) is 0.854. The third-order valence-corrected chi connectivity index (χ3v) is 2.51. The number of aliphatic hydroxyl groups is 1. The van der Waals surface area contributed by atoms with Crippen molar-refractivity contribution in [1.29, 1.82) is 0 Å². The van der Waals surface area contributed by atoms with Crippen LogP contribution in [0.4, 0.5) is 8.78 Å². The number of carboxylic acid groups (broad SMARTS) is 1. The lowest BCUT2D eigenvalue weighted by Crippen LogP contribution is -2.35. The van der Waals surface area contributed by atoms with E-state index < -0.39 is 18.0 Å². The number of halogens is 2. The fourth-order valence-corrected chi connectivity index (χ4v) is 1.56. The highest BCUT2D eigenvalue weighted by atomic mass is 19.3. The van der Waals surface area contributed by atoms with Crippen molar-refractivity contribution >= 4 is 5.97 Å². The van der Waals surface area contributed by atoms with Crippen molar-refractivity contribution in [2.45, 2.75) is 12.0 Å². The third kappa shape index (κ3) is 2.08.